The Hall–Kier alpha value is -2.13. The summed E-state index contributed by atoms with van der Waals surface area (Å²) < 4.78 is 69.7. The smallest absolute Gasteiger partial charge is 0.466 e. The van der Waals surface area contributed by atoms with Crippen LogP contribution in [0.1, 0.15) is 24.6 Å². The van der Waals surface area contributed by atoms with Crippen molar-refractivity contribution in [2.24, 2.45) is 0 Å². The van der Waals surface area contributed by atoms with Crippen molar-refractivity contribution in [1.29, 1.82) is 0 Å². The van der Waals surface area contributed by atoms with E-state index in [2.05, 4.69) is 9.47 Å². The summed E-state index contributed by atoms with van der Waals surface area (Å²) in [5.41, 5.74) is -3.07. The Kier molecular flexibility index (Phi) is 5.28. The van der Waals surface area contributed by atoms with Crippen molar-refractivity contribution in [1.82, 2.24) is 4.98 Å². The van der Waals surface area contributed by atoms with Gasteiger partial charge in [0.1, 0.15) is 0 Å². The van der Waals surface area contributed by atoms with Crippen LogP contribution >= 0.6 is 0 Å². The quantitative estimate of drug-likeness (QED) is 0.669. The molecule has 1 heterocycles. The molecule has 0 atom stereocenters. The molecule has 0 bridgehead atoms. The van der Waals surface area contributed by atoms with Gasteiger partial charge in [0, 0.05) is 5.56 Å². The molecule has 0 saturated carbocycles. The van der Waals surface area contributed by atoms with Gasteiger partial charge in [-0.15, -0.1) is 13.2 Å². The maximum atomic E-state index is 12.5. The molecule has 1 aromatic rings. The van der Waals surface area contributed by atoms with Crippen molar-refractivity contribution in [2.45, 2.75) is 26.1 Å². The van der Waals surface area contributed by atoms with Crippen molar-refractivity contribution in [3.05, 3.63) is 27.7 Å². The summed E-state index contributed by atoms with van der Waals surface area (Å²) in [6.45, 7) is 1.40. The summed E-state index contributed by atoms with van der Waals surface area (Å²) in [6.07, 6.45) is -9.13. The molecular formula is C11H10F5NO4. The molecule has 10 heteroatoms. The zero-order valence-electron chi connectivity index (χ0n) is 10.6. The normalized spacial score (nSPS) is 11.6. The highest BCUT2D eigenvalue weighted by Crippen LogP contribution is 2.26. The third-order valence-electron chi connectivity index (χ3n) is 2.18. The lowest BCUT2D eigenvalue weighted by atomic mass is 10.1. The molecule has 118 valence electrons. The monoisotopic (exact) mass is 315 g/mol. The van der Waals surface area contributed by atoms with Crippen LogP contribution in [0.4, 0.5) is 22.0 Å². The fraction of sp³-hybridized carbons (Fsp3) is 0.455. The van der Waals surface area contributed by atoms with Crippen molar-refractivity contribution in [3.63, 3.8) is 0 Å². The molecule has 0 radical (unpaired) electrons. The lowest BCUT2D eigenvalue weighted by Gasteiger charge is -2.13. The molecule has 0 aliphatic carbocycles. The van der Waals surface area contributed by atoms with Crippen LogP contribution in [0.2, 0.25) is 0 Å². The largest absolute Gasteiger partial charge is 0.573 e. The summed E-state index contributed by atoms with van der Waals surface area (Å²) in [7, 11) is 0. The Morgan fingerprint density at radius 1 is 1.38 bits per heavy atom. The number of rotatable bonds is 5. The lowest BCUT2D eigenvalue weighted by molar-refractivity contribution is -0.275. The van der Waals surface area contributed by atoms with Crippen LogP contribution in [0.25, 0.3) is 0 Å². The summed E-state index contributed by atoms with van der Waals surface area (Å²) in [6, 6.07) is 0.560. The highest BCUT2D eigenvalue weighted by molar-refractivity contribution is 5.73. The van der Waals surface area contributed by atoms with Gasteiger partial charge >= 0.3 is 12.3 Å². The highest BCUT2D eigenvalue weighted by atomic mass is 19.4. The Morgan fingerprint density at radius 2 is 2.00 bits per heavy atom. The van der Waals surface area contributed by atoms with Crippen LogP contribution in [-0.4, -0.2) is 23.9 Å². The van der Waals surface area contributed by atoms with Crippen LogP contribution in [0, 0.1) is 0 Å². The SMILES string of the molecule is CCOC(=O)Cc1cc(C(F)F)[nH]c(=O)c1OC(F)(F)F. The number of hydrogen-bond acceptors (Lipinski definition) is 4. The van der Waals surface area contributed by atoms with E-state index >= 15 is 0 Å². The van der Waals surface area contributed by atoms with Crippen molar-refractivity contribution >= 4 is 5.97 Å². The van der Waals surface area contributed by atoms with Gasteiger partial charge in [-0.25, -0.2) is 8.78 Å². The van der Waals surface area contributed by atoms with Gasteiger partial charge in [0.05, 0.1) is 18.7 Å². The van der Waals surface area contributed by atoms with Gasteiger partial charge in [-0.3, -0.25) is 9.59 Å². The molecule has 0 aromatic carbocycles. The zero-order chi connectivity index (χ0) is 16.2. The molecule has 1 N–H and O–H groups in total. The molecule has 1 rings (SSSR count). The highest BCUT2D eigenvalue weighted by Gasteiger charge is 2.34. The Labute approximate surface area is 114 Å². The third-order valence-corrected chi connectivity index (χ3v) is 2.18. The van der Waals surface area contributed by atoms with Gasteiger partial charge in [-0.2, -0.15) is 0 Å². The second-order valence-electron chi connectivity index (χ2n) is 3.74. The van der Waals surface area contributed by atoms with Crippen LogP contribution in [-0.2, 0) is 16.0 Å². The molecule has 0 aliphatic heterocycles. The van der Waals surface area contributed by atoms with Gasteiger partial charge in [0.2, 0.25) is 0 Å². The number of aromatic nitrogens is 1. The number of carbonyl (C=O) groups excluding carboxylic acids is 1. The second-order valence-corrected chi connectivity index (χ2v) is 3.74. The van der Waals surface area contributed by atoms with E-state index < -0.39 is 47.7 Å². The molecule has 0 saturated heterocycles. The van der Waals surface area contributed by atoms with Gasteiger partial charge in [-0.05, 0) is 13.0 Å². The van der Waals surface area contributed by atoms with Gasteiger partial charge in [0.15, 0.2) is 5.75 Å². The summed E-state index contributed by atoms with van der Waals surface area (Å²) >= 11 is 0. The van der Waals surface area contributed by atoms with Crippen LogP contribution in [0.5, 0.6) is 5.75 Å². The van der Waals surface area contributed by atoms with E-state index in [-0.39, 0.29) is 6.61 Å². The average Bonchev–Trinajstić information content (AvgIpc) is 2.31. The Morgan fingerprint density at radius 3 is 2.48 bits per heavy atom. The van der Waals surface area contributed by atoms with E-state index in [1.807, 2.05) is 0 Å². The Balaban J connectivity index is 3.26. The fourth-order valence-electron chi connectivity index (χ4n) is 1.47. The van der Waals surface area contributed by atoms with E-state index in [0.29, 0.717) is 6.07 Å². The average molecular weight is 315 g/mol. The van der Waals surface area contributed by atoms with Gasteiger partial charge < -0.3 is 14.5 Å². The molecule has 0 unspecified atom stereocenters. The fourth-order valence-corrected chi connectivity index (χ4v) is 1.47. The number of esters is 1. The van der Waals surface area contributed by atoms with Crippen molar-refractivity contribution in [2.75, 3.05) is 6.61 Å². The third kappa shape index (κ3) is 5.04. The number of ether oxygens (including phenoxy) is 2. The maximum Gasteiger partial charge on any atom is 0.573 e. The maximum absolute atomic E-state index is 12.5. The molecule has 21 heavy (non-hydrogen) atoms. The zero-order valence-corrected chi connectivity index (χ0v) is 10.6. The van der Waals surface area contributed by atoms with E-state index in [9.17, 15) is 31.5 Å². The molecule has 5 nitrogen and oxygen atoms in total. The van der Waals surface area contributed by atoms with E-state index in [1.54, 1.807) is 4.98 Å². The number of aromatic amines is 1. The minimum absolute atomic E-state index is 0.0564. The number of alkyl halides is 5. The van der Waals surface area contributed by atoms with Gasteiger partial charge in [0.25, 0.3) is 12.0 Å². The van der Waals surface area contributed by atoms with E-state index in [0.717, 1.165) is 0 Å². The van der Waals surface area contributed by atoms with E-state index in [4.69, 9.17) is 0 Å². The summed E-state index contributed by atoms with van der Waals surface area (Å²) in [5.74, 6) is -2.24. The predicted molar refractivity (Wildman–Crippen MR) is 59.0 cm³/mol. The minimum atomic E-state index is -5.21. The summed E-state index contributed by atoms with van der Waals surface area (Å²) in [4.78, 5) is 24.2. The predicted octanol–water partition coefficient (Wildman–Crippen LogP) is 2.32. The van der Waals surface area contributed by atoms with Crippen LogP contribution < -0.4 is 10.3 Å². The van der Waals surface area contributed by atoms with Gasteiger partial charge in [-0.1, -0.05) is 0 Å². The summed E-state index contributed by atoms with van der Waals surface area (Å²) in [5, 5.41) is 0. The Bertz CT molecular complexity index is 567. The number of carbonyl (C=O) groups is 1. The number of nitrogens with one attached hydrogen (secondary N) is 1. The first kappa shape index (κ1) is 16.9. The first-order valence-corrected chi connectivity index (χ1v) is 5.59. The second kappa shape index (κ2) is 6.55. The number of hydrogen-bond donors (Lipinski definition) is 1. The molecule has 0 aliphatic rings. The van der Waals surface area contributed by atoms with Crippen molar-refractivity contribution < 1.29 is 36.2 Å². The van der Waals surface area contributed by atoms with Crippen LogP contribution in [0.3, 0.4) is 0 Å². The number of pyridine rings is 1. The lowest BCUT2D eigenvalue weighted by Crippen LogP contribution is -2.26. The molecule has 0 fully saturated rings. The topological polar surface area (TPSA) is 68.4 Å². The van der Waals surface area contributed by atoms with Crippen LogP contribution in [0.15, 0.2) is 10.9 Å². The molecule has 0 amide bonds. The van der Waals surface area contributed by atoms with Crippen molar-refractivity contribution in [3.8, 4) is 5.75 Å². The standard InChI is InChI=1S/C11H10F5NO4/c1-2-20-7(18)4-5-3-6(9(12)13)17-10(19)8(5)21-11(14,15)16/h3,9H,2,4H2,1H3,(H,17,19). The molecule has 0 spiro atoms. The van der Waals surface area contributed by atoms with E-state index in [1.165, 1.54) is 6.92 Å². The number of H-pyrrole nitrogens is 1. The number of halogens is 5. The molecule has 1 aromatic heterocycles. The first-order valence-electron chi connectivity index (χ1n) is 5.59. The minimum Gasteiger partial charge on any atom is -0.466 e. The molecular weight excluding hydrogens is 305 g/mol. The first-order chi connectivity index (χ1) is 9.64.